The summed E-state index contributed by atoms with van der Waals surface area (Å²) in [6.45, 7) is 7.60. The normalized spacial score (nSPS) is 14.0. The minimum atomic E-state index is 0.292. The van der Waals surface area contributed by atoms with Gasteiger partial charge in [-0.1, -0.05) is 51.1 Å². The lowest BCUT2D eigenvalue weighted by Gasteiger charge is -2.31. The predicted octanol–water partition coefficient (Wildman–Crippen LogP) is 3.17. The van der Waals surface area contributed by atoms with Crippen molar-refractivity contribution in [3.05, 3.63) is 35.9 Å². The van der Waals surface area contributed by atoms with E-state index < -0.39 is 0 Å². The van der Waals surface area contributed by atoms with Crippen molar-refractivity contribution in [1.82, 2.24) is 0 Å². The maximum absolute atomic E-state index is 5.66. The Morgan fingerprint density at radius 1 is 1.14 bits per heavy atom. The summed E-state index contributed by atoms with van der Waals surface area (Å²) >= 11 is 0. The first-order valence-corrected chi connectivity index (χ1v) is 5.30. The summed E-state index contributed by atoms with van der Waals surface area (Å²) in [6, 6.07) is 10.7. The van der Waals surface area contributed by atoms with Crippen molar-refractivity contribution in [3.8, 4) is 0 Å². The Kier molecular flexibility index (Phi) is 3.70. The van der Waals surface area contributed by atoms with Gasteiger partial charge in [-0.2, -0.15) is 0 Å². The number of hydrogen-bond donors (Lipinski definition) is 1. The summed E-state index contributed by atoms with van der Waals surface area (Å²) in [5.41, 5.74) is 7.36. The molecule has 0 saturated heterocycles. The summed E-state index contributed by atoms with van der Waals surface area (Å²) in [7, 11) is 0. The molecule has 1 aromatic carbocycles. The van der Waals surface area contributed by atoms with Gasteiger partial charge < -0.3 is 5.73 Å². The molecule has 1 aromatic rings. The van der Waals surface area contributed by atoms with Crippen LogP contribution in [0, 0.1) is 5.41 Å². The van der Waals surface area contributed by atoms with Crippen molar-refractivity contribution in [2.24, 2.45) is 11.1 Å². The van der Waals surface area contributed by atoms with Crippen molar-refractivity contribution in [3.63, 3.8) is 0 Å². The van der Waals surface area contributed by atoms with Gasteiger partial charge in [0.05, 0.1) is 0 Å². The molecule has 0 aliphatic carbocycles. The quantitative estimate of drug-likeness (QED) is 0.780. The zero-order chi connectivity index (χ0) is 10.6. The Hall–Kier alpha value is -0.820. The predicted molar refractivity (Wildman–Crippen MR) is 62.3 cm³/mol. The van der Waals surface area contributed by atoms with E-state index in [0.717, 1.165) is 13.0 Å². The molecule has 1 rings (SSSR count). The van der Waals surface area contributed by atoms with E-state index in [0.29, 0.717) is 11.3 Å². The van der Waals surface area contributed by atoms with Gasteiger partial charge in [0, 0.05) is 0 Å². The molecule has 1 atom stereocenters. The van der Waals surface area contributed by atoms with Crippen molar-refractivity contribution < 1.29 is 0 Å². The molecule has 0 aliphatic heterocycles. The van der Waals surface area contributed by atoms with Gasteiger partial charge in [0.25, 0.3) is 0 Å². The van der Waals surface area contributed by atoms with Crippen molar-refractivity contribution in [1.29, 1.82) is 0 Å². The standard InChI is InChI=1S/C13H21N/c1-13(2,3)12(9-10-14)11-7-5-4-6-8-11/h4-8,12H,9-10,14H2,1-3H3. The molecule has 1 heteroatoms. The summed E-state index contributed by atoms with van der Waals surface area (Å²) in [6.07, 6.45) is 1.06. The molecular formula is C13H21N. The number of rotatable bonds is 3. The van der Waals surface area contributed by atoms with Crippen molar-refractivity contribution in [2.45, 2.75) is 33.1 Å². The van der Waals surface area contributed by atoms with Crippen molar-refractivity contribution >= 4 is 0 Å². The molecule has 14 heavy (non-hydrogen) atoms. The third kappa shape index (κ3) is 2.85. The maximum atomic E-state index is 5.66. The minimum absolute atomic E-state index is 0.292. The molecule has 0 fully saturated rings. The van der Waals surface area contributed by atoms with Crippen LogP contribution in [0.15, 0.2) is 30.3 Å². The SMILES string of the molecule is CC(C)(C)C(CCN)c1ccccc1. The number of benzene rings is 1. The average molecular weight is 191 g/mol. The fourth-order valence-corrected chi connectivity index (χ4v) is 1.95. The molecule has 2 N–H and O–H groups in total. The second-order valence-electron chi connectivity index (χ2n) is 4.91. The lowest BCUT2D eigenvalue weighted by molar-refractivity contribution is 0.308. The largest absolute Gasteiger partial charge is 0.330 e. The Balaban J connectivity index is 2.89. The molecule has 0 spiro atoms. The summed E-state index contributed by atoms with van der Waals surface area (Å²) < 4.78 is 0. The van der Waals surface area contributed by atoms with Crippen molar-refractivity contribution in [2.75, 3.05) is 6.54 Å². The molecular weight excluding hydrogens is 170 g/mol. The summed E-state index contributed by atoms with van der Waals surface area (Å²) in [5, 5.41) is 0. The Morgan fingerprint density at radius 2 is 1.71 bits per heavy atom. The molecule has 0 amide bonds. The van der Waals surface area contributed by atoms with Gasteiger partial charge in [-0.3, -0.25) is 0 Å². The molecule has 1 nitrogen and oxygen atoms in total. The second kappa shape index (κ2) is 4.61. The fraction of sp³-hybridized carbons (Fsp3) is 0.538. The highest BCUT2D eigenvalue weighted by molar-refractivity contribution is 5.21. The molecule has 0 aromatic heterocycles. The van der Waals surface area contributed by atoms with Crippen LogP contribution in [0.3, 0.4) is 0 Å². The molecule has 0 radical (unpaired) electrons. The third-order valence-electron chi connectivity index (χ3n) is 2.70. The Morgan fingerprint density at radius 3 is 2.14 bits per heavy atom. The van der Waals surface area contributed by atoms with E-state index in [4.69, 9.17) is 5.73 Å². The van der Waals surface area contributed by atoms with Gasteiger partial charge in [0.2, 0.25) is 0 Å². The molecule has 0 aliphatic rings. The van der Waals surface area contributed by atoms with E-state index in [2.05, 4.69) is 51.1 Å². The van der Waals surface area contributed by atoms with Crippen LogP contribution < -0.4 is 5.73 Å². The van der Waals surface area contributed by atoms with Crippen LogP contribution >= 0.6 is 0 Å². The van der Waals surface area contributed by atoms with Gasteiger partial charge in [-0.25, -0.2) is 0 Å². The summed E-state index contributed by atoms with van der Waals surface area (Å²) in [4.78, 5) is 0. The average Bonchev–Trinajstić information content (AvgIpc) is 2.14. The number of hydrogen-bond acceptors (Lipinski definition) is 1. The summed E-state index contributed by atoms with van der Waals surface area (Å²) in [5.74, 6) is 0.564. The van der Waals surface area contributed by atoms with E-state index >= 15 is 0 Å². The maximum Gasteiger partial charge on any atom is -0.00712 e. The van der Waals surface area contributed by atoms with E-state index in [1.165, 1.54) is 5.56 Å². The Labute approximate surface area is 87.3 Å². The molecule has 0 heterocycles. The highest BCUT2D eigenvalue weighted by atomic mass is 14.5. The van der Waals surface area contributed by atoms with Crippen LogP contribution in [-0.2, 0) is 0 Å². The Bertz CT molecular complexity index is 258. The van der Waals surface area contributed by atoms with Crippen LogP contribution in [0.2, 0.25) is 0 Å². The van der Waals surface area contributed by atoms with E-state index in [1.54, 1.807) is 0 Å². The first-order valence-electron chi connectivity index (χ1n) is 5.30. The molecule has 1 unspecified atom stereocenters. The van der Waals surface area contributed by atoms with Gasteiger partial charge in [0.1, 0.15) is 0 Å². The third-order valence-corrected chi connectivity index (χ3v) is 2.70. The lowest BCUT2D eigenvalue weighted by Crippen LogP contribution is -2.21. The van der Waals surface area contributed by atoms with Gasteiger partial charge in [-0.05, 0) is 29.9 Å². The van der Waals surface area contributed by atoms with E-state index in [1.807, 2.05) is 0 Å². The van der Waals surface area contributed by atoms with Gasteiger partial charge >= 0.3 is 0 Å². The highest BCUT2D eigenvalue weighted by Gasteiger charge is 2.24. The second-order valence-corrected chi connectivity index (χ2v) is 4.91. The minimum Gasteiger partial charge on any atom is -0.330 e. The monoisotopic (exact) mass is 191 g/mol. The fourth-order valence-electron chi connectivity index (χ4n) is 1.95. The van der Waals surface area contributed by atoms with Gasteiger partial charge in [-0.15, -0.1) is 0 Å². The lowest BCUT2D eigenvalue weighted by atomic mass is 9.75. The van der Waals surface area contributed by atoms with Crippen LogP contribution in [0.25, 0.3) is 0 Å². The van der Waals surface area contributed by atoms with E-state index in [9.17, 15) is 0 Å². The first kappa shape index (κ1) is 11.3. The molecule has 78 valence electrons. The number of nitrogens with two attached hydrogens (primary N) is 1. The van der Waals surface area contributed by atoms with Crippen LogP contribution in [0.5, 0.6) is 0 Å². The smallest absolute Gasteiger partial charge is 0.00712 e. The topological polar surface area (TPSA) is 26.0 Å². The van der Waals surface area contributed by atoms with Crippen LogP contribution in [0.4, 0.5) is 0 Å². The highest BCUT2D eigenvalue weighted by Crippen LogP contribution is 2.36. The van der Waals surface area contributed by atoms with Crippen LogP contribution in [0.1, 0.15) is 38.7 Å². The zero-order valence-electron chi connectivity index (χ0n) is 9.46. The molecule has 0 saturated carbocycles. The zero-order valence-corrected chi connectivity index (χ0v) is 9.46. The van der Waals surface area contributed by atoms with Crippen LogP contribution in [-0.4, -0.2) is 6.54 Å². The van der Waals surface area contributed by atoms with E-state index in [-0.39, 0.29) is 0 Å². The van der Waals surface area contributed by atoms with Gasteiger partial charge in [0.15, 0.2) is 0 Å². The first-order chi connectivity index (χ1) is 6.55. The molecule has 0 bridgehead atoms.